The van der Waals surface area contributed by atoms with E-state index >= 15 is 0 Å². The van der Waals surface area contributed by atoms with Gasteiger partial charge in [-0.2, -0.15) is 0 Å². The van der Waals surface area contributed by atoms with Gasteiger partial charge in [-0.25, -0.2) is 9.78 Å². The van der Waals surface area contributed by atoms with Crippen LogP contribution in [0.15, 0.2) is 12.1 Å². The quantitative estimate of drug-likeness (QED) is 0.505. The molecular formula is C17H23NO2S2. The Morgan fingerprint density at radius 1 is 1.14 bits per heavy atom. The van der Waals surface area contributed by atoms with Crippen LogP contribution in [0.4, 0.5) is 0 Å². The fourth-order valence-electron chi connectivity index (χ4n) is 2.32. The van der Waals surface area contributed by atoms with Crippen LogP contribution in [0.5, 0.6) is 0 Å². The van der Waals surface area contributed by atoms with E-state index in [1.54, 1.807) is 11.3 Å². The molecule has 0 aromatic carbocycles. The highest BCUT2D eigenvalue weighted by Gasteiger charge is 2.15. The van der Waals surface area contributed by atoms with Gasteiger partial charge >= 0.3 is 5.97 Å². The SMILES string of the molecule is CCOC(=O)c1nc(CCCCCc2ccc(C)s2)sc1C. The van der Waals surface area contributed by atoms with Crippen molar-refractivity contribution in [2.75, 3.05) is 6.61 Å². The summed E-state index contributed by atoms with van der Waals surface area (Å²) in [5.41, 5.74) is 0.496. The van der Waals surface area contributed by atoms with E-state index in [1.165, 1.54) is 29.0 Å². The van der Waals surface area contributed by atoms with Crippen molar-refractivity contribution in [3.63, 3.8) is 0 Å². The lowest BCUT2D eigenvalue weighted by Gasteiger charge is -1.99. The second-order valence-corrected chi connectivity index (χ2v) is 7.97. The zero-order valence-corrected chi connectivity index (χ0v) is 15.1. The smallest absolute Gasteiger partial charge is 0.358 e. The van der Waals surface area contributed by atoms with Crippen LogP contribution in [0.3, 0.4) is 0 Å². The highest BCUT2D eigenvalue weighted by molar-refractivity contribution is 7.12. The first-order chi connectivity index (χ1) is 10.6. The fourth-order valence-corrected chi connectivity index (χ4v) is 4.21. The van der Waals surface area contributed by atoms with Gasteiger partial charge in [0, 0.05) is 14.6 Å². The lowest BCUT2D eigenvalue weighted by molar-refractivity contribution is 0.0519. The molecule has 0 aliphatic carbocycles. The van der Waals surface area contributed by atoms with Crippen LogP contribution < -0.4 is 0 Å². The molecule has 0 fully saturated rings. The molecule has 22 heavy (non-hydrogen) atoms. The monoisotopic (exact) mass is 337 g/mol. The largest absolute Gasteiger partial charge is 0.461 e. The Labute approximate surface area is 140 Å². The number of carbonyl (C=O) groups excluding carboxylic acids is 1. The second kappa shape index (κ2) is 8.44. The van der Waals surface area contributed by atoms with Gasteiger partial charge in [0.25, 0.3) is 0 Å². The minimum atomic E-state index is -0.296. The topological polar surface area (TPSA) is 39.2 Å². The highest BCUT2D eigenvalue weighted by atomic mass is 32.1. The lowest BCUT2D eigenvalue weighted by Crippen LogP contribution is -2.06. The molecule has 0 spiro atoms. The Bertz CT molecular complexity index is 616. The molecule has 0 aliphatic rings. The molecule has 0 radical (unpaired) electrons. The average molecular weight is 338 g/mol. The maximum absolute atomic E-state index is 11.7. The number of rotatable bonds is 8. The fraction of sp³-hybridized carbons (Fsp3) is 0.529. The number of hydrogen-bond donors (Lipinski definition) is 0. The van der Waals surface area contributed by atoms with Crippen molar-refractivity contribution in [3.05, 3.63) is 37.5 Å². The second-order valence-electron chi connectivity index (χ2n) is 5.31. The predicted octanol–water partition coefficient (Wildman–Crippen LogP) is 4.95. The van der Waals surface area contributed by atoms with Gasteiger partial charge in [0.1, 0.15) is 0 Å². The van der Waals surface area contributed by atoms with Crippen molar-refractivity contribution < 1.29 is 9.53 Å². The maximum atomic E-state index is 11.7. The molecule has 2 rings (SSSR count). The van der Waals surface area contributed by atoms with Crippen LogP contribution >= 0.6 is 22.7 Å². The summed E-state index contributed by atoms with van der Waals surface area (Å²) in [4.78, 5) is 20.0. The molecule has 0 N–H and O–H groups in total. The Hall–Kier alpha value is -1.20. The minimum absolute atomic E-state index is 0.296. The van der Waals surface area contributed by atoms with Gasteiger partial charge in [-0.1, -0.05) is 6.42 Å². The van der Waals surface area contributed by atoms with Gasteiger partial charge in [0.05, 0.1) is 11.6 Å². The molecule has 3 nitrogen and oxygen atoms in total. The van der Waals surface area contributed by atoms with Crippen molar-refractivity contribution in [2.24, 2.45) is 0 Å². The van der Waals surface area contributed by atoms with Crippen LogP contribution in [0.2, 0.25) is 0 Å². The van der Waals surface area contributed by atoms with Crippen molar-refractivity contribution in [3.8, 4) is 0 Å². The van der Waals surface area contributed by atoms with Gasteiger partial charge in [0.15, 0.2) is 5.69 Å². The molecule has 120 valence electrons. The number of carbonyl (C=O) groups is 1. The molecule has 2 aromatic heterocycles. The van der Waals surface area contributed by atoms with Gasteiger partial charge < -0.3 is 4.74 Å². The molecule has 0 saturated carbocycles. The third-order valence-electron chi connectivity index (χ3n) is 3.42. The van der Waals surface area contributed by atoms with Gasteiger partial charge in [-0.05, 0) is 58.6 Å². The number of ether oxygens (including phenoxy) is 1. The van der Waals surface area contributed by atoms with Gasteiger partial charge in [0.2, 0.25) is 0 Å². The number of esters is 1. The summed E-state index contributed by atoms with van der Waals surface area (Å²) in [7, 11) is 0. The Balaban J connectivity index is 1.73. The number of thiazole rings is 1. The first kappa shape index (κ1) is 17.2. The summed E-state index contributed by atoms with van der Waals surface area (Å²) in [5.74, 6) is -0.296. The Morgan fingerprint density at radius 3 is 2.59 bits per heavy atom. The molecule has 2 aromatic rings. The molecule has 0 aliphatic heterocycles. The van der Waals surface area contributed by atoms with E-state index in [9.17, 15) is 4.79 Å². The van der Waals surface area contributed by atoms with Crippen LogP contribution in [0, 0.1) is 13.8 Å². The predicted molar refractivity (Wildman–Crippen MR) is 93.1 cm³/mol. The highest BCUT2D eigenvalue weighted by Crippen LogP contribution is 2.21. The van der Waals surface area contributed by atoms with E-state index in [0.717, 1.165) is 22.7 Å². The molecule has 5 heteroatoms. The summed E-state index contributed by atoms with van der Waals surface area (Å²) in [6.45, 7) is 6.30. The summed E-state index contributed by atoms with van der Waals surface area (Å²) in [6, 6.07) is 4.42. The van der Waals surface area contributed by atoms with E-state index in [0.29, 0.717) is 12.3 Å². The average Bonchev–Trinajstić information content (AvgIpc) is 3.05. The molecule has 0 bridgehead atoms. The Morgan fingerprint density at radius 2 is 1.91 bits per heavy atom. The third kappa shape index (κ3) is 4.92. The van der Waals surface area contributed by atoms with Gasteiger partial charge in [-0.3, -0.25) is 0 Å². The third-order valence-corrected chi connectivity index (χ3v) is 5.51. The summed E-state index contributed by atoms with van der Waals surface area (Å²) >= 11 is 3.51. The molecule has 2 heterocycles. The first-order valence-corrected chi connectivity index (χ1v) is 9.42. The number of aryl methyl sites for hydroxylation is 4. The molecule has 0 saturated heterocycles. The van der Waals surface area contributed by atoms with Crippen LogP contribution in [0.25, 0.3) is 0 Å². The summed E-state index contributed by atoms with van der Waals surface area (Å²) < 4.78 is 5.02. The molecule has 0 amide bonds. The van der Waals surface area contributed by atoms with E-state index in [1.807, 2.05) is 25.2 Å². The standard InChI is InChI=1S/C17H23NO2S2/c1-4-20-17(19)16-13(3)22-15(18-16)9-7-5-6-8-14-11-10-12(2)21-14/h10-11H,4-9H2,1-3H3. The van der Waals surface area contributed by atoms with Crippen LogP contribution in [-0.2, 0) is 17.6 Å². The normalized spacial score (nSPS) is 10.9. The number of unbranched alkanes of at least 4 members (excludes halogenated alkanes) is 2. The number of nitrogens with zero attached hydrogens (tertiary/aromatic N) is 1. The van der Waals surface area contributed by atoms with E-state index in [-0.39, 0.29) is 5.97 Å². The number of thiophene rings is 1. The lowest BCUT2D eigenvalue weighted by atomic mass is 10.1. The molecule has 0 unspecified atom stereocenters. The first-order valence-electron chi connectivity index (χ1n) is 7.79. The molecule has 0 atom stereocenters. The van der Waals surface area contributed by atoms with Crippen molar-refractivity contribution >= 4 is 28.6 Å². The zero-order chi connectivity index (χ0) is 15.9. The molecular weight excluding hydrogens is 314 g/mol. The van der Waals surface area contributed by atoms with E-state index in [2.05, 4.69) is 24.0 Å². The van der Waals surface area contributed by atoms with E-state index in [4.69, 9.17) is 4.74 Å². The zero-order valence-electron chi connectivity index (χ0n) is 13.5. The Kier molecular flexibility index (Phi) is 6.58. The minimum Gasteiger partial charge on any atom is -0.461 e. The van der Waals surface area contributed by atoms with Crippen molar-refractivity contribution in [1.29, 1.82) is 0 Å². The maximum Gasteiger partial charge on any atom is 0.358 e. The summed E-state index contributed by atoms with van der Waals surface area (Å²) in [6.07, 6.45) is 5.66. The van der Waals surface area contributed by atoms with Crippen LogP contribution in [-0.4, -0.2) is 17.6 Å². The van der Waals surface area contributed by atoms with Crippen LogP contribution in [0.1, 0.15) is 56.3 Å². The van der Waals surface area contributed by atoms with Crippen molar-refractivity contribution in [2.45, 2.75) is 52.9 Å². The number of hydrogen-bond acceptors (Lipinski definition) is 5. The van der Waals surface area contributed by atoms with Crippen molar-refractivity contribution in [1.82, 2.24) is 4.98 Å². The summed E-state index contributed by atoms with van der Waals surface area (Å²) in [5, 5.41) is 1.05. The number of aromatic nitrogens is 1. The van der Waals surface area contributed by atoms with E-state index < -0.39 is 0 Å². The van der Waals surface area contributed by atoms with Gasteiger partial charge in [-0.15, -0.1) is 22.7 Å².